The Bertz CT molecular complexity index is 793. The summed E-state index contributed by atoms with van der Waals surface area (Å²) in [7, 11) is 0. The van der Waals surface area contributed by atoms with Crippen molar-refractivity contribution in [3.05, 3.63) is 63.3 Å². The van der Waals surface area contributed by atoms with Gasteiger partial charge in [-0.2, -0.15) is 4.98 Å². The van der Waals surface area contributed by atoms with Gasteiger partial charge >= 0.3 is 0 Å². The maximum Gasteiger partial charge on any atom is 0.270 e. The summed E-state index contributed by atoms with van der Waals surface area (Å²) < 4.78 is 5.11. The molecular formula is C14H9N3O3S. The van der Waals surface area contributed by atoms with Gasteiger partial charge < -0.3 is 4.52 Å². The molecule has 0 N–H and O–H groups in total. The highest BCUT2D eigenvalue weighted by Gasteiger charge is 2.07. The van der Waals surface area contributed by atoms with Crippen LogP contribution < -0.4 is 0 Å². The van der Waals surface area contributed by atoms with Gasteiger partial charge in [0.15, 0.2) is 0 Å². The standard InChI is InChI=1S/C14H9N3O3S/c18-17(19)11-4-1-3-10(9-11)6-7-13-15-14(16-20-13)12-5-2-8-21-12/h1-9H/b7-6-. The molecule has 6 nitrogen and oxygen atoms in total. The Morgan fingerprint density at radius 2 is 2.14 bits per heavy atom. The highest BCUT2D eigenvalue weighted by Crippen LogP contribution is 2.22. The molecule has 0 aliphatic heterocycles. The molecule has 104 valence electrons. The SMILES string of the molecule is O=[N+]([O-])c1cccc(/C=C\c2nc(-c3cccs3)no2)c1. The second-order valence-corrected chi connectivity index (χ2v) is 5.07. The fourth-order valence-corrected chi connectivity index (χ4v) is 2.37. The zero-order chi connectivity index (χ0) is 14.7. The number of benzene rings is 1. The molecular weight excluding hydrogens is 290 g/mol. The molecule has 3 rings (SSSR count). The van der Waals surface area contributed by atoms with E-state index in [2.05, 4.69) is 10.1 Å². The maximum atomic E-state index is 10.7. The fourth-order valence-electron chi connectivity index (χ4n) is 1.72. The largest absolute Gasteiger partial charge is 0.334 e. The molecule has 0 fully saturated rings. The van der Waals surface area contributed by atoms with E-state index >= 15 is 0 Å². The van der Waals surface area contributed by atoms with Crippen LogP contribution in [0.2, 0.25) is 0 Å². The molecule has 0 aliphatic carbocycles. The lowest BCUT2D eigenvalue weighted by atomic mass is 10.2. The minimum Gasteiger partial charge on any atom is -0.334 e. The number of rotatable bonds is 4. The topological polar surface area (TPSA) is 82.1 Å². The van der Waals surface area contributed by atoms with E-state index in [1.165, 1.54) is 23.5 Å². The molecule has 0 saturated carbocycles. The number of aromatic nitrogens is 2. The van der Waals surface area contributed by atoms with E-state index in [0.29, 0.717) is 17.3 Å². The summed E-state index contributed by atoms with van der Waals surface area (Å²) in [4.78, 5) is 15.4. The Morgan fingerprint density at radius 3 is 2.90 bits per heavy atom. The van der Waals surface area contributed by atoms with Gasteiger partial charge in [0.25, 0.3) is 11.6 Å². The first-order valence-electron chi connectivity index (χ1n) is 6.02. The van der Waals surface area contributed by atoms with Gasteiger partial charge in [0.2, 0.25) is 5.82 Å². The summed E-state index contributed by atoms with van der Waals surface area (Å²) in [5, 5.41) is 16.5. The molecule has 21 heavy (non-hydrogen) atoms. The second-order valence-electron chi connectivity index (χ2n) is 4.12. The van der Waals surface area contributed by atoms with Gasteiger partial charge in [-0.3, -0.25) is 10.1 Å². The Kier molecular flexibility index (Phi) is 3.57. The smallest absolute Gasteiger partial charge is 0.270 e. The van der Waals surface area contributed by atoms with Crippen LogP contribution in [0.4, 0.5) is 5.69 Å². The fraction of sp³-hybridized carbons (Fsp3) is 0. The van der Waals surface area contributed by atoms with Gasteiger partial charge in [-0.25, -0.2) is 0 Å². The van der Waals surface area contributed by atoms with Crippen LogP contribution >= 0.6 is 11.3 Å². The number of hydrogen-bond acceptors (Lipinski definition) is 6. The van der Waals surface area contributed by atoms with E-state index in [1.807, 2.05) is 17.5 Å². The van der Waals surface area contributed by atoms with Gasteiger partial charge in [0.05, 0.1) is 9.80 Å². The summed E-state index contributed by atoms with van der Waals surface area (Å²) in [6.45, 7) is 0. The van der Waals surface area contributed by atoms with Crippen molar-refractivity contribution in [2.24, 2.45) is 0 Å². The third-order valence-corrected chi connectivity index (χ3v) is 3.55. The van der Waals surface area contributed by atoms with E-state index in [-0.39, 0.29) is 5.69 Å². The van der Waals surface area contributed by atoms with Crippen LogP contribution in [0.3, 0.4) is 0 Å². The zero-order valence-corrected chi connectivity index (χ0v) is 11.5. The number of nitro benzene ring substituents is 1. The van der Waals surface area contributed by atoms with E-state index in [1.54, 1.807) is 24.3 Å². The molecule has 0 unspecified atom stereocenters. The van der Waals surface area contributed by atoms with E-state index < -0.39 is 4.92 Å². The van der Waals surface area contributed by atoms with Crippen molar-refractivity contribution in [2.75, 3.05) is 0 Å². The van der Waals surface area contributed by atoms with Crippen LogP contribution in [0.5, 0.6) is 0 Å². The summed E-state index contributed by atoms with van der Waals surface area (Å²) in [6.07, 6.45) is 3.32. The first-order chi connectivity index (χ1) is 10.2. The lowest BCUT2D eigenvalue weighted by Crippen LogP contribution is -1.87. The first kappa shape index (κ1) is 13.2. The predicted molar refractivity (Wildman–Crippen MR) is 79.6 cm³/mol. The van der Waals surface area contributed by atoms with Gasteiger partial charge in [0, 0.05) is 18.2 Å². The lowest BCUT2D eigenvalue weighted by Gasteiger charge is -1.93. The Morgan fingerprint density at radius 1 is 1.24 bits per heavy atom. The van der Waals surface area contributed by atoms with Gasteiger partial charge in [0.1, 0.15) is 0 Å². The Labute approximate surface area is 123 Å². The molecule has 3 aromatic rings. The number of hydrogen-bond donors (Lipinski definition) is 0. The molecule has 0 aliphatic rings. The summed E-state index contributed by atoms with van der Waals surface area (Å²) in [5.41, 5.74) is 0.738. The number of nitrogens with zero attached hydrogens (tertiary/aromatic N) is 3. The van der Waals surface area contributed by atoms with E-state index in [0.717, 1.165) is 4.88 Å². The average molecular weight is 299 g/mol. The molecule has 0 atom stereocenters. The molecule has 2 heterocycles. The molecule has 0 bridgehead atoms. The highest BCUT2D eigenvalue weighted by molar-refractivity contribution is 7.13. The summed E-state index contributed by atoms with van der Waals surface area (Å²) >= 11 is 1.52. The number of non-ortho nitro benzene ring substituents is 1. The van der Waals surface area contributed by atoms with Crippen molar-refractivity contribution in [1.29, 1.82) is 0 Å². The second kappa shape index (κ2) is 5.68. The van der Waals surface area contributed by atoms with E-state index in [9.17, 15) is 10.1 Å². The Hall–Kier alpha value is -2.80. The van der Waals surface area contributed by atoms with Crippen molar-refractivity contribution in [3.8, 4) is 10.7 Å². The number of thiophene rings is 1. The normalized spacial score (nSPS) is 11.0. The predicted octanol–water partition coefficient (Wildman–Crippen LogP) is 3.88. The minimum atomic E-state index is -0.432. The summed E-state index contributed by atoms with van der Waals surface area (Å²) in [6, 6.07) is 10.1. The summed E-state index contributed by atoms with van der Waals surface area (Å²) in [5.74, 6) is 0.883. The molecule has 7 heteroatoms. The van der Waals surface area contributed by atoms with Gasteiger partial charge in [-0.05, 0) is 23.1 Å². The van der Waals surface area contributed by atoms with E-state index in [4.69, 9.17) is 4.52 Å². The van der Waals surface area contributed by atoms with Crippen LogP contribution in [0.15, 0.2) is 46.3 Å². The van der Waals surface area contributed by atoms with Crippen molar-refractivity contribution in [3.63, 3.8) is 0 Å². The average Bonchev–Trinajstić information content (AvgIpc) is 3.16. The minimum absolute atomic E-state index is 0.0435. The first-order valence-corrected chi connectivity index (χ1v) is 6.90. The molecule has 0 radical (unpaired) electrons. The van der Waals surface area contributed by atoms with Crippen LogP contribution in [0.1, 0.15) is 11.5 Å². The van der Waals surface area contributed by atoms with Gasteiger partial charge in [-0.15, -0.1) is 11.3 Å². The van der Waals surface area contributed by atoms with Crippen molar-refractivity contribution in [1.82, 2.24) is 10.1 Å². The zero-order valence-electron chi connectivity index (χ0n) is 10.7. The molecule has 0 saturated heterocycles. The van der Waals surface area contributed by atoms with Crippen molar-refractivity contribution < 1.29 is 9.45 Å². The third-order valence-electron chi connectivity index (χ3n) is 2.68. The van der Waals surface area contributed by atoms with Crippen LogP contribution in [-0.4, -0.2) is 15.1 Å². The van der Waals surface area contributed by atoms with Crippen molar-refractivity contribution >= 4 is 29.2 Å². The molecule has 0 amide bonds. The number of nitro groups is 1. The highest BCUT2D eigenvalue weighted by atomic mass is 32.1. The third kappa shape index (κ3) is 3.03. The van der Waals surface area contributed by atoms with Crippen LogP contribution in [0, 0.1) is 10.1 Å². The Balaban J connectivity index is 1.80. The molecule has 2 aromatic heterocycles. The lowest BCUT2D eigenvalue weighted by molar-refractivity contribution is -0.384. The van der Waals surface area contributed by atoms with Crippen molar-refractivity contribution in [2.45, 2.75) is 0 Å². The molecule has 0 spiro atoms. The quantitative estimate of drug-likeness (QED) is 0.539. The molecule has 1 aromatic carbocycles. The van der Waals surface area contributed by atoms with Crippen LogP contribution in [-0.2, 0) is 0 Å². The van der Waals surface area contributed by atoms with Gasteiger partial charge in [-0.1, -0.05) is 23.4 Å². The van der Waals surface area contributed by atoms with Crippen LogP contribution in [0.25, 0.3) is 22.9 Å². The maximum absolute atomic E-state index is 10.7. The monoisotopic (exact) mass is 299 g/mol.